The third-order valence-electron chi connectivity index (χ3n) is 6.02. The quantitative estimate of drug-likeness (QED) is 0.623. The van der Waals surface area contributed by atoms with Crippen LogP contribution in [0, 0.1) is 5.82 Å². The van der Waals surface area contributed by atoms with E-state index in [4.69, 9.17) is 9.47 Å². The number of aliphatic hydroxyl groups is 1. The Morgan fingerprint density at radius 3 is 2.47 bits per heavy atom. The molecule has 0 aromatic heterocycles. The number of para-hydroxylation sites is 1. The molecule has 0 bridgehead atoms. The smallest absolute Gasteiger partial charge is 0.317 e. The molecule has 2 aliphatic heterocycles. The monoisotopic (exact) mass is 443 g/mol. The number of benzene rings is 2. The molecule has 0 radical (unpaired) electrons. The van der Waals surface area contributed by atoms with E-state index in [1.807, 2.05) is 24.3 Å². The van der Waals surface area contributed by atoms with E-state index in [2.05, 4.69) is 10.2 Å². The number of urea groups is 1. The van der Waals surface area contributed by atoms with Gasteiger partial charge in [-0.15, -0.1) is 0 Å². The summed E-state index contributed by atoms with van der Waals surface area (Å²) in [6.45, 7) is 4.82. The largest absolute Gasteiger partial charge is 0.492 e. The first-order valence-corrected chi connectivity index (χ1v) is 11.1. The molecule has 2 heterocycles. The molecular formula is C24H30FN3O4. The maximum Gasteiger partial charge on any atom is 0.317 e. The van der Waals surface area contributed by atoms with Crippen molar-refractivity contribution in [3.05, 3.63) is 59.9 Å². The Balaban J connectivity index is 1.18. The Morgan fingerprint density at radius 1 is 1.03 bits per heavy atom. The van der Waals surface area contributed by atoms with Gasteiger partial charge in [-0.3, -0.25) is 4.90 Å². The lowest BCUT2D eigenvalue weighted by Gasteiger charge is -2.38. The number of rotatable bonds is 9. The summed E-state index contributed by atoms with van der Waals surface area (Å²) in [6.07, 6.45) is 1.15. The van der Waals surface area contributed by atoms with Crippen molar-refractivity contribution < 1.29 is 23.8 Å². The van der Waals surface area contributed by atoms with Crippen molar-refractivity contribution in [3.8, 4) is 11.5 Å². The molecule has 8 heteroatoms. The molecule has 2 aromatic rings. The highest BCUT2D eigenvalue weighted by Gasteiger charge is 2.33. The molecule has 2 N–H and O–H groups in total. The van der Waals surface area contributed by atoms with Crippen LogP contribution >= 0.6 is 0 Å². The number of carbonyl (C=O) groups excluding carboxylic acids is 1. The van der Waals surface area contributed by atoms with Gasteiger partial charge in [-0.2, -0.15) is 0 Å². The number of nitrogens with zero attached hydrogens (tertiary/aromatic N) is 2. The molecule has 0 atom stereocenters. The average Bonchev–Trinajstić information content (AvgIpc) is 3.21. The Labute approximate surface area is 187 Å². The lowest BCUT2D eigenvalue weighted by molar-refractivity contribution is -0.0543. The number of amides is 2. The highest BCUT2D eigenvalue weighted by atomic mass is 19.1. The van der Waals surface area contributed by atoms with Crippen molar-refractivity contribution >= 4 is 6.03 Å². The van der Waals surface area contributed by atoms with Gasteiger partial charge in [-0.1, -0.05) is 24.3 Å². The maximum absolute atomic E-state index is 13.7. The summed E-state index contributed by atoms with van der Waals surface area (Å²) in [4.78, 5) is 15.6. The van der Waals surface area contributed by atoms with E-state index in [0.717, 1.165) is 31.9 Å². The summed E-state index contributed by atoms with van der Waals surface area (Å²) in [5, 5.41) is 13.6. The molecule has 2 aliphatic rings. The second-order valence-corrected chi connectivity index (χ2v) is 8.43. The molecule has 2 fully saturated rings. The van der Waals surface area contributed by atoms with E-state index in [-0.39, 0.29) is 18.4 Å². The number of likely N-dealkylation sites (tertiary alicyclic amines) is 1. The first-order valence-electron chi connectivity index (χ1n) is 11.1. The number of carbonyl (C=O) groups is 1. The minimum absolute atomic E-state index is 0.0313. The first-order chi connectivity index (χ1) is 15.5. The highest BCUT2D eigenvalue weighted by Crippen LogP contribution is 2.26. The van der Waals surface area contributed by atoms with Gasteiger partial charge in [0.2, 0.25) is 0 Å². The Bertz CT molecular complexity index is 900. The number of hydrogen-bond donors (Lipinski definition) is 2. The van der Waals surface area contributed by atoms with Gasteiger partial charge in [0.25, 0.3) is 0 Å². The summed E-state index contributed by atoms with van der Waals surface area (Å²) in [7, 11) is 0. The van der Waals surface area contributed by atoms with E-state index in [9.17, 15) is 14.3 Å². The lowest BCUT2D eigenvalue weighted by atomic mass is 9.92. The van der Waals surface area contributed by atoms with Gasteiger partial charge in [0.1, 0.15) is 24.6 Å². The standard InChI is InChI=1S/C24H30FN3O4/c25-21-3-1-2-4-22(21)32-18-24(30)9-12-27(13-10-24)17-19-5-7-20(8-6-19)31-16-15-28-14-11-26-23(28)29/h1-8,30H,9-18H2,(H,26,29). The maximum atomic E-state index is 13.7. The highest BCUT2D eigenvalue weighted by molar-refractivity contribution is 5.76. The van der Waals surface area contributed by atoms with Crippen LogP contribution in [0.5, 0.6) is 11.5 Å². The van der Waals surface area contributed by atoms with E-state index in [1.54, 1.807) is 23.1 Å². The van der Waals surface area contributed by atoms with Crippen molar-refractivity contribution in [2.24, 2.45) is 0 Å². The number of hydrogen-bond acceptors (Lipinski definition) is 5. The molecule has 0 spiro atoms. The summed E-state index contributed by atoms with van der Waals surface area (Å²) in [5.74, 6) is 0.545. The fraction of sp³-hybridized carbons (Fsp3) is 0.458. The molecule has 2 aromatic carbocycles. The zero-order chi connectivity index (χ0) is 22.4. The lowest BCUT2D eigenvalue weighted by Crippen LogP contribution is -2.47. The fourth-order valence-electron chi connectivity index (χ4n) is 3.99. The third-order valence-corrected chi connectivity index (χ3v) is 6.02. The van der Waals surface area contributed by atoms with Crippen molar-refractivity contribution in [1.82, 2.24) is 15.1 Å². The van der Waals surface area contributed by atoms with Crippen molar-refractivity contribution in [1.29, 1.82) is 0 Å². The summed E-state index contributed by atoms with van der Waals surface area (Å²) >= 11 is 0. The van der Waals surface area contributed by atoms with E-state index >= 15 is 0 Å². The van der Waals surface area contributed by atoms with Gasteiger partial charge >= 0.3 is 6.03 Å². The summed E-state index contributed by atoms with van der Waals surface area (Å²) < 4.78 is 25.0. The van der Waals surface area contributed by atoms with Crippen LogP contribution in [0.2, 0.25) is 0 Å². The zero-order valence-electron chi connectivity index (χ0n) is 18.1. The molecular weight excluding hydrogens is 413 g/mol. The van der Waals surface area contributed by atoms with Gasteiger partial charge in [0, 0.05) is 32.7 Å². The molecule has 172 valence electrons. The molecule has 32 heavy (non-hydrogen) atoms. The van der Waals surface area contributed by atoms with E-state index in [1.165, 1.54) is 11.6 Å². The first kappa shape index (κ1) is 22.4. The number of ether oxygens (including phenoxy) is 2. The van der Waals surface area contributed by atoms with E-state index < -0.39 is 11.4 Å². The summed E-state index contributed by atoms with van der Waals surface area (Å²) in [5.41, 5.74) is 0.229. The van der Waals surface area contributed by atoms with Crippen LogP contribution in [0.1, 0.15) is 18.4 Å². The minimum atomic E-state index is -0.942. The van der Waals surface area contributed by atoms with Crippen molar-refractivity contribution in [3.63, 3.8) is 0 Å². The van der Waals surface area contributed by atoms with E-state index in [0.29, 0.717) is 32.5 Å². The Kier molecular flexibility index (Phi) is 7.12. The Morgan fingerprint density at radius 2 is 1.78 bits per heavy atom. The SMILES string of the molecule is O=C1NCCN1CCOc1ccc(CN2CCC(O)(COc3ccccc3F)CC2)cc1. The van der Waals surface area contributed by atoms with Crippen LogP contribution in [0.25, 0.3) is 0 Å². The Hall–Kier alpha value is -2.84. The van der Waals surface area contributed by atoms with Gasteiger partial charge in [-0.05, 0) is 42.7 Å². The van der Waals surface area contributed by atoms with Crippen LogP contribution in [0.4, 0.5) is 9.18 Å². The van der Waals surface area contributed by atoms with Gasteiger partial charge in [0.05, 0.1) is 6.54 Å². The van der Waals surface area contributed by atoms with Crippen molar-refractivity contribution in [2.45, 2.75) is 25.0 Å². The molecule has 7 nitrogen and oxygen atoms in total. The molecule has 0 saturated carbocycles. The zero-order valence-corrected chi connectivity index (χ0v) is 18.1. The topological polar surface area (TPSA) is 74.3 Å². The van der Waals surface area contributed by atoms with Crippen LogP contribution in [0.15, 0.2) is 48.5 Å². The van der Waals surface area contributed by atoms with Crippen molar-refractivity contribution in [2.75, 3.05) is 45.9 Å². The molecule has 4 rings (SSSR count). The molecule has 0 unspecified atom stereocenters. The van der Waals surface area contributed by atoms with Crippen LogP contribution in [-0.2, 0) is 6.54 Å². The second kappa shape index (κ2) is 10.2. The second-order valence-electron chi connectivity index (χ2n) is 8.43. The predicted molar refractivity (Wildman–Crippen MR) is 118 cm³/mol. The summed E-state index contributed by atoms with van der Waals surface area (Å²) in [6, 6.07) is 14.2. The fourth-order valence-corrected chi connectivity index (χ4v) is 3.99. The van der Waals surface area contributed by atoms with Gasteiger partial charge in [-0.25, -0.2) is 9.18 Å². The number of nitrogens with one attached hydrogen (secondary N) is 1. The molecule has 0 aliphatic carbocycles. The van der Waals surface area contributed by atoms with Crippen LogP contribution in [-0.4, -0.2) is 72.5 Å². The van der Waals surface area contributed by atoms with Gasteiger partial charge < -0.3 is 24.8 Å². The average molecular weight is 444 g/mol. The third kappa shape index (κ3) is 5.89. The number of piperidine rings is 1. The molecule has 2 amide bonds. The van der Waals surface area contributed by atoms with Crippen LogP contribution in [0.3, 0.4) is 0 Å². The van der Waals surface area contributed by atoms with Crippen LogP contribution < -0.4 is 14.8 Å². The predicted octanol–water partition coefficient (Wildman–Crippen LogP) is 2.64. The minimum Gasteiger partial charge on any atom is -0.492 e. The normalized spacial score (nSPS) is 18.4. The number of halogens is 1. The van der Waals surface area contributed by atoms with Gasteiger partial charge in [0.15, 0.2) is 11.6 Å². The molecule has 2 saturated heterocycles.